The lowest BCUT2D eigenvalue weighted by Crippen LogP contribution is -2.34. The number of anilines is 1. The van der Waals surface area contributed by atoms with Gasteiger partial charge < -0.3 is 5.11 Å². The summed E-state index contributed by atoms with van der Waals surface area (Å²) < 4.78 is 25.3. The quantitative estimate of drug-likeness (QED) is 0.684. The molecule has 0 saturated heterocycles. The largest absolute Gasteiger partial charge is 0.464 e. The van der Waals surface area contributed by atoms with Crippen molar-refractivity contribution in [1.29, 1.82) is 0 Å². The van der Waals surface area contributed by atoms with Crippen LogP contribution in [0.5, 0.6) is 0 Å². The molecule has 0 aliphatic carbocycles. The number of pyridine rings is 1. The second kappa shape index (κ2) is 4.32. The minimum Gasteiger partial charge on any atom is -0.464 e. The van der Waals surface area contributed by atoms with Gasteiger partial charge in [0.1, 0.15) is 5.15 Å². The molecule has 0 fully saturated rings. The molecule has 1 rings (SSSR count). The Labute approximate surface area is 90.3 Å². The van der Waals surface area contributed by atoms with Crippen LogP contribution in [0, 0.1) is 0 Å². The van der Waals surface area contributed by atoms with Crippen molar-refractivity contribution in [2.24, 2.45) is 0 Å². The zero-order valence-corrected chi connectivity index (χ0v) is 8.71. The molecule has 0 spiro atoms. The Morgan fingerprint density at radius 1 is 1.47 bits per heavy atom. The molecule has 0 saturated carbocycles. The van der Waals surface area contributed by atoms with E-state index >= 15 is 0 Å². The number of halogens is 1. The van der Waals surface area contributed by atoms with E-state index in [1.807, 2.05) is 4.72 Å². The van der Waals surface area contributed by atoms with Gasteiger partial charge in [-0.2, -0.15) is 8.42 Å². The third kappa shape index (κ3) is 4.00. The van der Waals surface area contributed by atoms with Gasteiger partial charge in [-0.05, 0) is 12.1 Å². The normalized spacial score (nSPS) is 10.7. The fourth-order valence-corrected chi connectivity index (χ4v) is 1.56. The van der Waals surface area contributed by atoms with Crippen LogP contribution in [0.15, 0.2) is 18.3 Å². The Morgan fingerprint density at radius 3 is 2.60 bits per heavy atom. The number of hydrogen-bond acceptors (Lipinski definition) is 4. The Morgan fingerprint density at radius 2 is 2.13 bits per heavy atom. The summed E-state index contributed by atoms with van der Waals surface area (Å²) in [5.74, 6) is 0. The molecular formula is C6H6ClN3O4S. The molecule has 82 valence electrons. The minimum absolute atomic E-state index is 0.105. The molecule has 1 heterocycles. The molecule has 3 N–H and O–H groups in total. The second-order valence-electron chi connectivity index (χ2n) is 2.38. The second-order valence-corrected chi connectivity index (χ2v) is 4.18. The van der Waals surface area contributed by atoms with Crippen LogP contribution in [-0.2, 0) is 10.2 Å². The van der Waals surface area contributed by atoms with E-state index < -0.39 is 16.3 Å². The molecule has 0 atom stereocenters. The highest BCUT2D eigenvalue weighted by molar-refractivity contribution is 7.91. The van der Waals surface area contributed by atoms with Gasteiger partial charge in [0.05, 0.1) is 11.9 Å². The molecule has 0 unspecified atom stereocenters. The highest BCUT2D eigenvalue weighted by Gasteiger charge is 2.12. The van der Waals surface area contributed by atoms with Gasteiger partial charge >= 0.3 is 16.3 Å². The van der Waals surface area contributed by atoms with Crippen LogP contribution >= 0.6 is 11.6 Å². The first-order valence-corrected chi connectivity index (χ1v) is 5.40. The number of nitrogens with zero attached hydrogens (tertiary/aromatic N) is 1. The number of hydrogen-bond donors (Lipinski definition) is 3. The standard InChI is InChI=1S/C6H6ClN3O4S/c7-5-2-1-4(3-8-5)9-15(13,14)10-6(11)12/h1-3,9-10H,(H,11,12). The van der Waals surface area contributed by atoms with Gasteiger partial charge in [0.25, 0.3) is 0 Å². The van der Waals surface area contributed by atoms with Crippen LogP contribution in [0.2, 0.25) is 5.15 Å². The first-order chi connectivity index (χ1) is 6.89. The summed E-state index contributed by atoms with van der Waals surface area (Å²) >= 11 is 5.47. The topological polar surface area (TPSA) is 108 Å². The van der Waals surface area contributed by atoms with Gasteiger partial charge in [-0.1, -0.05) is 11.6 Å². The highest BCUT2D eigenvalue weighted by atomic mass is 35.5. The van der Waals surface area contributed by atoms with Crippen LogP contribution in [0.4, 0.5) is 10.5 Å². The van der Waals surface area contributed by atoms with Crippen LogP contribution in [0.1, 0.15) is 0 Å². The number of nitrogens with one attached hydrogen (secondary N) is 2. The first kappa shape index (κ1) is 11.5. The molecule has 0 bridgehead atoms. The summed E-state index contributed by atoms with van der Waals surface area (Å²) in [7, 11) is -4.13. The molecule has 0 aromatic carbocycles. The lowest BCUT2D eigenvalue weighted by atomic mass is 10.4. The van der Waals surface area contributed by atoms with Crippen molar-refractivity contribution in [2.75, 3.05) is 4.72 Å². The minimum atomic E-state index is -4.13. The summed E-state index contributed by atoms with van der Waals surface area (Å²) in [5.41, 5.74) is 0.105. The monoisotopic (exact) mass is 251 g/mol. The number of rotatable bonds is 3. The van der Waals surface area contributed by atoms with Crippen LogP contribution in [-0.4, -0.2) is 24.6 Å². The molecule has 9 heteroatoms. The van der Waals surface area contributed by atoms with Crippen molar-refractivity contribution in [2.45, 2.75) is 0 Å². The van der Waals surface area contributed by atoms with Crippen LogP contribution in [0.25, 0.3) is 0 Å². The molecule has 15 heavy (non-hydrogen) atoms. The average Bonchev–Trinajstić information content (AvgIpc) is 2.06. The van der Waals surface area contributed by atoms with Crippen molar-refractivity contribution < 1.29 is 18.3 Å². The Hall–Kier alpha value is -1.54. The maximum atomic E-state index is 11.0. The van der Waals surface area contributed by atoms with Crippen LogP contribution < -0.4 is 9.44 Å². The van der Waals surface area contributed by atoms with Crippen molar-refractivity contribution in [3.63, 3.8) is 0 Å². The maximum Gasteiger partial charge on any atom is 0.419 e. The molecule has 0 aliphatic rings. The summed E-state index contributed by atoms with van der Waals surface area (Å²) in [6.45, 7) is 0. The third-order valence-corrected chi connectivity index (χ3v) is 2.37. The molecule has 1 aromatic heterocycles. The zero-order valence-electron chi connectivity index (χ0n) is 7.14. The molecule has 1 amide bonds. The van der Waals surface area contributed by atoms with Crippen molar-refractivity contribution in [3.8, 4) is 0 Å². The van der Waals surface area contributed by atoms with E-state index in [0.29, 0.717) is 0 Å². The van der Waals surface area contributed by atoms with E-state index in [2.05, 4.69) is 4.98 Å². The summed E-state index contributed by atoms with van der Waals surface area (Å²) in [4.78, 5) is 13.7. The fourth-order valence-electron chi connectivity index (χ4n) is 0.732. The highest BCUT2D eigenvalue weighted by Crippen LogP contribution is 2.10. The predicted octanol–water partition coefficient (Wildman–Crippen LogP) is 0.659. The summed E-state index contributed by atoms with van der Waals surface area (Å²) in [6, 6.07) is 2.70. The van der Waals surface area contributed by atoms with Crippen molar-refractivity contribution in [1.82, 2.24) is 9.71 Å². The number of carbonyl (C=O) groups is 1. The van der Waals surface area contributed by atoms with E-state index in [1.54, 1.807) is 0 Å². The van der Waals surface area contributed by atoms with Gasteiger partial charge in [-0.15, -0.1) is 0 Å². The Balaban J connectivity index is 2.78. The number of amides is 1. The van der Waals surface area contributed by atoms with Crippen molar-refractivity contribution >= 4 is 33.6 Å². The van der Waals surface area contributed by atoms with Crippen LogP contribution in [0.3, 0.4) is 0 Å². The third-order valence-electron chi connectivity index (χ3n) is 1.20. The van der Waals surface area contributed by atoms with Gasteiger partial charge in [-0.3, -0.25) is 4.72 Å². The van der Waals surface area contributed by atoms with E-state index in [9.17, 15) is 13.2 Å². The zero-order chi connectivity index (χ0) is 11.5. The average molecular weight is 252 g/mol. The predicted molar refractivity (Wildman–Crippen MR) is 53.0 cm³/mol. The van der Waals surface area contributed by atoms with Gasteiger partial charge in [0, 0.05) is 0 Å². The number of carboxylic acid groups (broad SMARTS) is 1. The van der Waals surface area contributed by atoms with E-state index in [1.165, 1.54) is 16.9 Å². The Kier molecular flexibility index (Phi) is 3.32. The van der Waals surface area contributed by atoms with Gasteiger partial charge in [0.2, 0.25) is 0 Å². The molecule has 1 aromatic rings. The lowest BCUT2D eigenvalue weighted by molar-refractivity contribution is 0.201. The molecular weight excluding hydrogens is 246 g/mol. The van der Waals surface area contributed by atoms with Gasteiger partial charge in [0.15, 0.2) is 0 Å². The van der Waals surface area contributed by atoms with E-state index in [0.717, 1.165) is 6.20 Å². The lowest BCUT2D eigenvalue weighted by Gasteiger charge is -2.05. The fraction of sp³-hybridized carbons (Fsp3) is 0. The molecule has 7 nitrogen and oxygen atoms in total. The Bertz CT molecular complexity index is 458. The van der Waals surface area contributed by atoms with Crippen molar-refractivity contribution in [3.05, 3.63) is 23.5 Å². The van der Waals surface area contributed by atoms with E-state index in [-0.39, 0.29) is 10.8 Å². The number of aromatic nitrogens is 1. The molecule has 0 radical (unpaired) electrons. The SMILES string of the molecule is O=C(O)NS(=O)(=O)Nc1ccc(Cl)nc1. The van der Waals surface area contributed by atoms with Gasteiger partial charge in [-0.25, -0.2) is 14.5 Å². The van der Waals surface area contributed by atoms with E-state index in [4.69, 9.17) is 16.7 Å². The first-order valence-electron chi connectivity index (χ1n) is 3.54. The summed E-state index contributed by atoms with van der Waals surface area (Å²) in [6.07, 6.45) is -0.520. The molecule has 0 aliphatic heterocycles. The summed E-state index contributed by atoms with van der Waals surface area (Å²) in [5, 5.41) is 8.40. The smallest absolute Gasteiger partial charge is 0.419 e. The maximum absolute atomic E-state index is 11.0.